The van der Waals surface area contributed by atoms with E-state index in [1.807, 2.05) is 0 Å². The van der Waals surface area contributed by atoms with E-state index in [0.717, 1.165) is 11.8 Å². The SMILES string of the molecule is POC(CCCC1CCCC1)C1CCCC1. The molecule has 1 nitrogen and oxygen atoms in total. The smallest absolute Gasteiger partial charge is 0.0639 e. The Labute approximate surface area is 103 Å². The lowest BCUT2D eigenvalue weighted by molar-refractivity contribution is 0.147. The van der Waals surface area contributed by atoms with Gasteiger partial charge in [-0.1, -0.05) is 51.4 Å². The van der Waals surface area contributed by atoms with Gasteiger partial charge in [-0.3, -0.25) is 0 Å². The van der Waals surface area contributed by atoms with Crippen LogP contribution >= 0.6 is 9.47 Å². The fraction of sp³-hybridized carbons (Fsp3) is 1.00. The van der Waals surface area contributed by atoms with Gasteiger partial charge in [0.1, 0.15) is 0 Å². The monoisotopic (exact) mass is 242 g/mol. The molecule has 2 saturated carbocycles. The summed E-state index contributed by atoms with van der Waals surface area (Å²) in [5, 5.41) is 0. The molecule has 0 heterocycles. The van der Waals surface area contributed by atoms with E-state index in [-0.39, 0.29) is 0 Å². The quantitative estimate of drug-likeness (QED) is 0.613. The Balaban J connectivity index is 1.62. The van der Waals surface area contributed by atoms with Gasteiger partial charge >= 0.3 is 0 Å². The third-order valence-electron chi connectivity index (χ3n) is 4.68. The van der Waals surface area contributed by atoms with Crippen molar-refractivity contribution in [3.8, 4) is 0 Å². The van der Waals surface area contributed by atoms with E-state index >= 15 is 0 Å². The van der Waals surface area contributed by atoms with Gasteiger partial charge in [0.15, 0.2) is 0 Å². The van der Waals surface area contributed by atoms with Crippen molar-refractivity contribution in [1.82, 2.24) is 0 Å². The van der Waals surface area contributed by atoms with E-state index in [1.54, 1.807) is 0 Å². The molecular weight excluding hydrogens is 215 g/mol. The van der Waals surface area contributed by atoms with Crippen LogP contribution in [0.15, 0.2) is 0 Å². The molecule has 2 rings (SSSR count). The first-order valence-corrected chi connectivity index (χ1v) is 7.73. The highest BCUT2D eigenvalue weighted by Gasteiger charge is 2.25. The Bertz CT molecular complexity index is 183. The van der Waals surface area contributed by atoms with Crippen molar-refractivity contribution in [2.45, 2.75) is 76.7 Å². The summed E-state index contributed by atoms with van der Waals surface area (Å²) >= 11 is 0. The van der Waals surface area contributed by atoms with E-state index in [4.69, 9.17) is 4.52 Å². The zero-order valence-electron chi connectivity index (χ0n) is 10.5. The molecule has 2 fully saturated rings. The summed E-state index contributed by atoms with van der Waals surface area (Å²) in [7, 11) is 2.50. The molecule has 0 saturated heterocycles. The summed E-state index contributed by atoms with van der Waals surface area (Å²) < 4.78 is 5.62. The molecule has 0 aromatic rings. The maximum atomic E-state index is 5.62. The highest BCUT2D eigenvalue weighted by atomic mass is 31.0. The number of hydrogen-bond acceptors (Lipinski definition) is 1. The summed E-state index contributed by atoms with van der Waals surface area (Å²) in [6.07, 6.45) is 16.3. The topological polar surface area (TPSA) is 9.23 Å². The van der Waals surface area contributed by atoms with Crippen molar-refractivity contribution in [3.05, 3.63) is 0 Å². The molecule has 0 radical (unpaired) electrons. The molecule has 0 spiro atoms. The fourth-order valence-electron chi connectivity index (χ4n) is 3.65. The lowest BCUT2D eigenvalue weighted by Crippen LogP contribution is -2.18. The molecule has 2 aliphatic carbocycles. The normalized spacial score (nSPS) is 25.3. The Morgan fingerprint density at radius 2 is 1.62 bits per heavy atom. The van der Waals surface area contributed by atoms with Gasteiger partial charge in [-0.15, -0.1) is 0 Å². The van der Waals surface area contributed by atoms with Gasteiger partial charge in [-0.2, -0.15) is 0 Å². The molecule has 0 aromatic heterocycles. The maximum Gasteiger partial charge on any atom is 0.0639 e. The molecule has 2 atom stereocenters. The molecule has 2 unspecified atom stereocenters. The Kier molecular flexibility index (Phi) is 5.59. The molecular formula is C14H27OP. The second kappa shape index (κ2) is 6.97. The fourth-order valence-corrected chi connectivity index (χ4v) is 4.01. The van der Waals surface area contributed by atoms with Crippen molar-refractivity contribution < 1.29 is 4.52 Å². The van der Waals surface area contributed by atoms with Crippen LogP contribution < -0.4 is 0 Å². The number of rotatable bonds is 6. The number of hydrogen-bond donors (Lipinski definition) is 0. The third kappa shape index (κ3) is 3.70. The lowest BCUT2D eigenvalue weighted by Gasteiger charge is -2.22. The van der Waals surface area contributed by atoms with Gasteiger partial charge in [0.05, 0.1) is 6.10 Å². The average molecular weight is 242 g/mol. The largest absolute Gasteiger partial charge is 0.362 e. The zero-order chi connectivity index (χ0) is 11.2. The minimum Gasteiger partial charge on any atom is -0.362 e. The standard InChI is InChI=1S/C14H27OP/c16-15-14(13-9-3-4-10-13)11-5-8-12-6-1-2-7-12/h12-14H,1-11,16H2. The van der Waals surface area contributed by atoms with Gasteiger partial charge in [0.25, 0.3) is 0 Å². The molecule has 2 aliphatic rings. The molecule has 94 valence electrons. The van der Waals surface area contributed by atoms with Crippen LogP contribution in [0.4, 0.5) is 0 Å². The Morgan fingerprint density at radius 1 is 1.00 bits per heavy atom. The van der Waals surface area contributed by atoms with Crippen molar-refractivity contribution in [3.63, 3.8) is 0 Å². The zero-order valence-corrected chi connectivity index (χ0v) is 11.7. The van der Waals surface area contributed by atoms with Gasteiger partial charge in [0.2, 0.25) is 0 Å². The summed E-state index contributed by atoms with van der Waals surface area (Å²) in [5.41, 5.74) is 0. The molecule has 0 bridgehead atoms. The molecule has 0 N–H and O–H groups in total. The van der Waals surface area contributed by atoms with Crippen molar-refractivity contribution in [1.29, 1.82) is 0 Å². The predicted molar refractivity (Wildman–Crippen MR) is 72.4 cm³/mol. The van der Waals surface area contributed by atoms with Crippen LogP contribution in [0.5, 0.6) is 0 Å². The molecule has 0 aromatic carbocycles. The Hall–Kier alpha value is 0.390. The van der Waals surface area contributed by atoms with Gasteiger partial charge < -0.3 is 4.52 Å². The minimum absolute atomic E-state index is 0.536. The van der Waals surface area contributed by atoms with E-state index < -0.39 is 0 Å². The third-order valence-corrected chi connectivity index (χ3v) is 5.03. The van der Waals surface area contributed by atoms with Crippen LogP contribution in [0.1, 0.15) is 70.6 Å². The summed E-state index contributed by atoms with van der Waals surface area (Å²) in [5.74, 6) is 1.91. The van der Waals surface area contributed by atoms with E-state index in [2.05, 4.69) is 9.47 Å². The van der Waals surface area contributed by atoms with E-state index in [0.29, 0.717) is 6.10 Å². The van der Waals surface area contributed by atoms with Crippen molar-refractivity contribution in [2.24, 2.45) is 11.8 Å². The average Bonchev–Trinajstić information content (AvgIpc) is 2.96. The first kappa shape index (κ1) is 12.8. The van der Waals surface area contributed by atoms with Crippen LogP contribution in [0.2, 0.25) is 0 Å². The van der Waals surface area contributed by atoms with Gasteiger partial charge in [0, 0.05) is 9.47 Å². The second-order valence-corrected chi connectivity index (χ2v) is 6.07. The van der Waals surface area contributed by atoms with Crippen molar-refractivity contribution >= 4 is 9.47 Å². The highest BCUT2D eigenvalue weighted by molar-refractivity contribution is 7.09. The lowest BCUT2D eigenvalue weighted by atomic mass is 9.93. The first-order chi connectivity index (χ1) is 7.90. The van der Waals surface area contributed by atoms with Crippen LogP contribution in [0.3, 0.4) is 0 Å². The summed E-state index contributed by atoms with van der Waals surface area (Å²) in [6.45, 7) is 0. The van der Waals surface area contributed by atoms with Crippen molar-refractivity contribution in [2.75, 3.05) is 0 Å². The second-order valence-electron chi connectivity index (χ2n) is 5.80. The summed E-state index contributed by atoms with van der Waals surface area (Å²) in [4.78, 5) is 0. The minimum atomic E-state index is 0.536. The van der Waals surface area contributed by atoms with Gasteiger partial charge in [-0.05, 0) is 31.1 Å². The molecule has 0 aliphatic heterocycles. The predicted octanol–water partition coefficient (Wildman–Crippen LogP) is 4.71. The summed E-state index contributed by atoms with van der Waals surface area (Å²) in [6, 6.07) is 0. The first-order valence-electron chi connectivity index (χ1n) is 7.25. The molecule has 16 heavy (non-hydrogen) atoms. The van der Waals surface area contributed by atoms with Crippen LogP contribution in [-0.4, -0.2) is 6.10 Å². The van der Waals surface area contributed by atoms with E-state index in [9.17, 15) is 0 Å². The maximum absolute atomic E-state index is 5.62. The van der Waals surface area contributed by atoms with Crippen LogP contribution in [0.25, 0.3) is 0 Å². The highest BCUT2D eigenvalue weighted by Crippen LogP contribution is 2.34. The van der Waals surface area contributed by atoms with Crippen LogP contribution in [-0.2, 0) is 4.52 Å². The molecule has 0 amide bonds. The Morgan fingerprint density at radius 3 is 2.25 bits per heavy atom. The van der Waals surface area contributed by atoms with Crippen LogP contribution in [0, 0.1) is 11.8 Å². The molecule has 2 heteroatoms. The van der Waals surface area contributed by atoms with Gasteiger partial charge in [-0.25, -0.2) is 0 Å². The van der Waals surface area contributed by atoms with E-state index in [1.165, 1.54) is 70.6 Å².